The van der Waals surface area contributed by atoms with Crippen LogP contribution in [0.15, 0.2) is 25.6 Å². The van der Waals surface area contributed by atoms with E-state index in [1.165, 1.54) is 0 Å². The maximum atomic E-state index is 11.2. The molecule has 0 radical (unpaired) electrons. The second-order valence-electron chi connectivity index (χ2n) is 5.66. The van der Waals surface area contributed by atoms with Gasteiger partial charge in [0.1, 0.15) is 0 Å². The van der Waals surface area contributed by atoms with Crippen molar-refractivity contribution < 1.29 is 9.59 Å². The molecule has 4 nitrogen and oxygen atoms in total. The predicted octanol–water partition coefficient (Wildman–Crippen LogP) is 3.45. The number of hydrogen-bond acceptors (Lipinski definition) is 2. The molecule has 2 heterocycles. The molecule has 2 saturated heterocycles. The molecular formula is C17H28N2O2. The summed E-state index contributed by atoms with van der Waals surface area (Å²) >= 11 is 0. The molecule has 21 heavy (non-hydrogen) atoms. The van der Waals surface area contributed by atoms with Crippen molar-refractivity contribution in [2.45, 2.75) is 70.9 Å². The van der Waals surface area contributed by atoms with Gasteiger partial charge in [-0.25, -0.2) is 0 Å². The molecule has 118 valence electrons. The molecule has 4 heteroatoms. The third kappa shape index (κ3) is 4.73. The third-order valence-electron chi connectivity index (χ3n) is 4.25. The predicted molar refractivity (Wildman–Crippen MR) is 85.3 cm³/mol. The first-order chi connectivity index (χ1) is 10.0. The fourth-order valence-electron chi connectivity index (χ4n) is 2.96. The van der Waals surface area contributed by atoms with Crippen LogP contribution in [0, 0.1) is 0 Å². The summed E-state index contributed by atoms with van der Waals surface area (Å²) in [6, 6.07) is 0.771. The normalized spacial score (nSPS) is 26.0. The van der Waals surface area contributed by atoms with E-state index in [4.69, 9.17) is 0 Å². The molecule has 2 aliphatic heterocycles. The van der Waals surface area contributed by atoms with Gasteiger partial charge in [-0.2, -0.15) is 0 Å². The van der Waals surface area contributed by atoms with Gasteiger partial charge < -0.3 is 9.80 Å². The molecule has 2 rings (SSSR count). The third-order valence-corrected chi connectivity index (χ3v) is 4.25. The van der Waals surface area contributed by atoms with Crippen molar-refractivity contribution in [2.75, 3.05) is 0 Å². The van der Waals surface area contributed by atoms with Crippen LogP contribution in [0.1, 0.15) is 58.8 Å². The minimum atomic E-state index is 0.216. The highest BCUT2D eigenvalue weighted by Gasteiger charge is 2.24. The first-order valence-electron chi connectivity index (χ1n) is 7.92. The van der Waals surface area contributed by atoms with Gasteiger partial charge in [0.25, 0.3) is 0 Å². The van der Waals surface area contributed by atoms with Crippen LogP contribution in [-0.2, 0) is 9.59 Å². The van der Waals surface area contributed by atoms with Crippen LogP contribution in [0.25, 0.3) is 0 Å². The van der Waals surface area contributed by atoms with Crippen molar-refractivity contribution in [3.05, 3.63) is 25.6 Å². The largest absolute Gasteiger partial charge is 0.317 e. The van der Waals surface area contributed by atoms with Gasteiger partial charge in [0.15, 0.2) is 0 Å². The molecule has 0 spiro atoms. The van der Waals surface area contributed by atoms with Gasteiger partial charge in [0, 0.05) is 24.9 Å². The number of nitrogens with zero attached hydrogens (tertiary/aromatic N) is 2. The van der Waals surface area contributed by atoms with Crippen LogP contribution in [0.5, 0.6) is 0 Å². The van der Waals surface area contributed by atoms with E-state index in [1.807, 2.05) is 0 Å². The van der Waals surface area contributed by atoms with Crippen LogP contribution in [0.4, 0.5) is 0 Å². The van der Waals surface area contributed by atoms with Crippen LogP contribution in [-0.4, -0.2) is 33.7 Å². The molecule has 2 aliphatic rings. The molecular weight excluding hydrogens is 264 g/mol. The van der Waals surface area contributed by atoms with Crippen molar-refractivity contribution in [1.29, 1.82) is 0 Å². The van der Waals surface area contributed by atoms with Gasteiger partial charge >= 0.3 is 0 Å². The standard InChI is InChI=1S/C9H15NO.C8H13NO/c1-3-8-6-5-7-9(11)10(8)4-2;1-3-9-7(2)5-4-6-8(9)10/h4,8H,2-3,5-7H2,1H3;3,7H,1,4-6H2,2H3. The van der Waals surface area contributed by atoms with Gasteiger partial charge in [0.2, 0.25) is 11.8 Å². The number of carbonyl (C=O) groups excluding carboxylic acids is 2. The zero-order chi connectivity index (χ0) is 15.8. The summed E-state index contributed by atoms with van der Waals surface area (Å²) in [5.41, 5.74) is 0. The van der Waals surface area contributed by atoms with Gasteiger partial charge in [-0.1, -0.05) is 20.1 Å². The molecule has 2 unspecified atom stereocenters. The molecule has 2 amide bonds. The van der Waals surface area contributed by atoms with Gasteiger partial charge in [-0.05, 0) is 51.4 Å². The average Bonchev–Trinajstić information content (AvgIpc) is 2.48. The molecule has 2 fully saturated rings. The molecule has 0 saturated carbocycles. The summed E-state index contributed by atoms with van der Waals surface area (Å²) < 4.78 is 0. The second-order valence-corrected chi connectivity index (χ2v) is 5.66. The lowest BCUT2D eigenvalue weighted by atomic mass is 10.0. The smallest absolute Gasteiger partial charge is 0.226 e. The molecule has 0 aliphatic carbocycles. The quantitative estimate of drug-likeness (QED) is 0.799. The summed E-state index contributed by atoms with van der Waals surface area (Å²) in [6.07, 6.45) is 10.0. The maximum absolute atomic E-state index is 11.2. The van der Waals surface area contributed by atoms with Crippen LogP contribution in [0.2, 0.25) is 0 Å². The summed E-state index contributed by atoms with van der Waals surface area (Å²) in [4.78, 5) is 25.8. The topological polar surface area (TPSA) is 40.6 Å². The second kappa shape index (κ2) is 8.65. The number of rotatable bonds is 3. The number of likely N-dealkylation sites (tertiary alicyclic amines) is 2. The Morgan fingerprint density at radius 3 is 1.95 bits per heavy atom. The molecule has 2 atom stereocenters. The molecule has 0 bridgehead atoms. The molecule has 0 aromatic carbocycles. The number of amides is 2. The van der Waals surface area contributed by atoms with E-state index in [0.717, 1.165) is 32.1 Å². The van der Waals surface area contributed by atoms with Crippen LogP contribution in [0.3, 0.4) is 0 Å². The fourth-order valence-corrected chi connectivity index (χ4v) is 2.96. The van der Waals surface area contributed by atoms with Gasteiger partial charge in [-0.3, -0.25) is 9.59 Å². The van der Waals surface area contributed by atoms with Crippen LogP contribution < -0.4 is 0 Å². The highest BCUT2D eigenvalue weighted by molar-refractivity contribution is 5.78. The first-order valence-corrected chi connectivity index (χ1v) is 7.92. The van der Waals surface area contributed by atoms with Crippen molar-refractivity contribution >= 4 is 11.8 Å². The maximum Gasteiger partial charge on any atom is 0.226 e. The Hall–Kier alpha value is -1.58. The van der Waals surface area contributed by atoms with Gasteiger partial charge in [0.05, 0.1) is 0 Å². The zero-order valence-electron chi connectivity index (χ0n) is 13.4. The van der Waals surface area contributed by atoms with Crippen molar-refractivity contribution in [3.63, 3.8) is 0 Å². The SMILES string of the molecule is C=CN1C(=O)CCCC1C.C=CN1C(=O)CCCC1CC. The summed E-state index contributed by atoms with van der Waals surface area (Å²) in [5.74, 6) is 0.451. The molecule has 0 aromatic heterocycles. The van der Waals surface area contributed by atoms with Crippen molar-refractivity contribution in [2.24, 2.45) is 0 Å². The Morgan fingerprint density at radius 2 is 1.57 bits per heavy atom. The first kappa shape index (κ1) is 17.5. The Kier molecular flexibility index (Phi) is 7.20. The number of piperidine rings is 2. The summed E-state index contributed by atoms with van der Waals surface area (Å²) in [5, 5.41) is 0. The molecule has 0 N–H and O–H groups in total. The van der Waals surface area contributed by atoms with Crippen LogP contribution >= 0.6 is 0 Å². The van der Waals surface area contributed by atoms with E-state index in [1.54, 1.807) is 22.2 Å². The summed E-state index contributed by atoms with van der Waals surface area (Å²) in [6.45, 7) is 11.4. The van der Waals surface area contributed by atoms with Crippen molar-refractivity contribution in [1.82, 2.24) is 9.80 Å². The monoisotopic (exact) mass is 292 g/mol. The minimum Gasteiger partial charge on any atom is -0.317 e. The zero-order valence-corrected chi connectivity index (χ0v) is 13.4. The Labute approximate surface area is 128 Å². The highest BCUT2D eigenvalue weighted by atomic mass is 16.2. The van der Waals surface area contributed by atoms with Gasteiger partial charge in [-0.15, -0.1) is 0 Å². The van der Waals surface area contributed by atoms with E-state index >= 15 is 0 Å². The fraction of sp³-hybridized carbons (Fsp3) is 0.647. The Balaban J connectivity index is 0.000000211. The minimum absolute atomic E-state index is 0.216. The number of carbonyl (C=O) groups is 2. The Bertz CT molecular complexity index is 392. The Morgan fingerprint density at radius 1 is 1.05 bits per heavy atom. The van der Waals surface area contributed by atoms with E-state index in [-0.39, 0.29) is 11.8 Å². The lowest BCUT2D eigenvalue weighted by Crippen LogP contribution is -2.39. The highest BCUT2D eigenvalue weighted by Crippen LogP contribution is 2.20. The van der Waals surface area contributed by atoms with E-state index in [2.05, 4.69) is 27.0 Å². The molecule has 0 aromatic rings. The van der Waals surface area contributed by atoms with E-state index < -0.39 is 0 Å². The lowest BCUT2D eigenvalue weighted by Gasteiger charge is -2.31. The van der Waals surface area contributed by atoms with E-state index in [0.29, 0.717) is 24.9 Å². The van der Waals surface area contributed by atoms with Crippen molar-refractivity contribution in [3.8, 4) is 0 Å². The lowest BCUT2D eigenvalue weighted by molar-refractivity contribution is -0.133. The number of hydrogen-bond donors (Lipinski definition) is 0. The average molecular weight is 292 g/mol. The van der Waals surface area contributed by atoms with E-state index in [9.17, 15) is 9.59 Å². The summed E-state index contributed by atoms with van der Waals surface area (Å²) in [7, 11) is 0.